The Bertz CT molecular complexity index is 555. The molecule has 0 saturated carbocycles. The first-order valence-electron chi connectivity index (χ1n) is 7.64. The summed E-state index contributed by atoms with van der Waals surface area (Å²) in [5.41, 5.74) is -1.96. The molecule has 0 amide bonds. The Kier molecular flexibility index (Phi) is 5.67. The second kappa shape index (κ2) is 6.63. The van der Waals surface area contributed by atoms with E-state index in [1.165, 1.54) is 6.07 Å². The molecule has 1 rings (SSSR count). The first-order chi connectivity index (χ1) is 10.2. The Morgan fingerprint density at radius 1 is 1.09 bits per heavy atom. The normalized spacial score (nSPS) is 12.9. The molecule has 1 aromatic rings. The fourth-order valence-electron chi connectivity index (χ4n) is 1.65. The molecule has 0 radical (unpaired) electrons. The Morgan fingerprint density at radius 2 is 1.65 bits per heavy atom. The highest BCUT2D eigenvalue weighted by Gasteiger charge is 2.39. The summed E-state index contributed by atoms with van der Waals surface area (Å²) in [5.74, 6) is -0.465. The minimum atomic E-state index is -1.26. The fraction of sp³-hybridized carbons (Fsp3) is 0.588. The summed E-state index contributed by atoms with van der Waals surface area (Å²) in [6.07, 6.45) is 0. The van der Waals surface area contributed by atoms with Crippen molar-refractivity contribution in [2.24, 2.45) is 0 Å². The minimum Gasteiger partial charge on any atom is -0.456 e. The van der Waals surface area contributed by atoms with E-state index in [0.29, 0.717) is 11.0 Å². The zero-order valence-electron chi connectivity index (χ0n) is 15.0. The van der Waals surface area contributed by atoms with Crippen LogP contribution in [0.2, 0.25) is 0 Å². The topological polar surface area (TPSA) is 76.0 Å². The van der Waals surface area contributed by atoms with Gasteiger partial charge in [0, 0.05) is 0 Å². The lowest BCUT2D eigenvalue weighted by Crippen LogP contribution is -2.53. The van der Waals surface area contributed by atoms with Crippen molar-refractivity contribution < 1.29 is 24.3 Å². The number of benzene rings is 1. The number of carbonyl (C=O) groups is 1. The second-order valence-electron chi connectivity index (χ2n) is 7.67. The molecular weight excluding hydrogens is 295 g/mol. The van der Waals surface area contributed by atoms with Gasteiger partial charge in [0.25, 0.3) is 0 Å². The van der Waals surface area contributed by atoms with Crippen LogP contribution >= 0.6 is 0 Å². The van der Waals surface area contributed by atoms with Crippen molar-refractivity contribution in [1.82, 2.24) is 0 Å². The summed E-state index contributed by atoms with van der Waals surface area (Å²) >= 11 is 0. The van der Waals surface area contributed by atoms with Gasteiger partial charge in [-0.1, -0.05) is 12.1 Å². The van der Waals surface area contributed by atoms with E-state index in [0.717, 1.165) is 0 Å². The van der Waals surface area contributed by atoms with E-state index in [1.54, 1.807) is 66.7 Å². The molecule has 0 fully saturated rings. The first-order valence-corrected chi connectivity index (χ1v) is 7.64. The maximum atomic E-state index is 12.1. The standard InChI is InChI=1S/C17H27BO5/c1-15(2,3)22-14(19)12-9-8-10-13(11-12)18(21)23-17(6,7)16(4,5)20/h8-11,20-21H,1-7H3. The Labute approximate surface area is 138 Å². The van der Waals surface area contributed by atoms with Crippen molar-refractivity contribution in [2.75, 3.05) is 0 Å². The molecule has 0 atom stereocenters. The lowest BCUT2D eigenvalue weighted by Gasteiger charge is -2.38. The summed E-state index contributed by atoms with van der Waals surface area (Å²) in [4.78, 5) is 12.1. The maximum absolute atomic E-state index is 12.1. The van der Waals surface area contributed by atoms with Gasteiger partial charge in [-0.15, -0.1) is 0 Å². The monoisotopic (exact) mass is 322 g/mol. The van der Waals surface area contributed by atoms with E-state index >= 15 is 0 Å². The van der Waals surface area contributed by atoms with E-state index in [9.17, 15) is 14.9 Å². The van der Waals surface area contributed by atoms with Gasteiger partial charge in [-0.3, -0.25) is 0 Å². The smallest absolute Gasteiger partial charge is 0.456 e. The van der Waals surface area contributed by atoms with Gasteiger partial charge in [0.15, 0.2) is 0 Å². The van der Waals surface area contributed by atoms with Gasteiger partial charge in [0.2, 0.25) is 0 Å². The Hall–Kier alpha value is -1.37. The average Bonchev–Trinajstić information content (AvgIpc) is 2.35. The van der Waals surface area contributed by atoms with Crippen LogP contribution in [0.1, 0.15) is 58.8 Å². The molecule has 0 spiro atoms. The summed E-state index contributed by atoms with van der Waals surface area (Å²) in [6.45, 7) is 12.0. The van der Waals surface area contributed by atoms with Crippen molar-refractivity contribution in [2.45, 2.75) is 65.3 Å². The zero-order chi connectivity index (χ0) is 18.1. The molecule has 0 aliphatic carbocycles. The van der Waals surface area contributed by atoms with E-state index in [1.807, 2.05) is 0 Å². The molecule has 0 saturated heterocycles. The molecule has 0 aliphatic rings. The highest BCUT2D eigenvalue weighted by Crippen LogP contribution is 2.25. The third-order valence-corrected chi connectivity index (χ3v) is 3.69. The number of aliphatic hydroxyl groups is 1. The Morgan fingerprint density at radius 3 is 2.13 bits per heavy atom. The van der Waals surface area contributed by atoms with Gasteiger partial charge >= 0.3 is 13.1 Å². The molecule has 5 nitrogen and oxygen atoms in total. The summed E-state index contributed by atoms with van der Waals surface area (Å²) in [5, 5.41) is 20.4. The number of ether oxygens (including phenoxy) is 1. The molecule has 2 N–H and O–H groups in total. The average molecular weight is 322 g/mol. The van der Waals surface area contributed by atoms with Crippen LogP contribution in [0.25, 0.3) is 0 Å². The molecule has 0 bridgehead atoms. The molecule has 128 valence electrons. The van der Waals surface area contributed by atoms with Gasteiger partial charge in [-0.25, -0.2) is 4.79 Å². The van der Waals surface area contributed by atoms with Gasteiger partial charge in [0.1, 0.15) is 5.60 Å². The first kappa shape index (κ1) is 19.7. The van der Waals surface area contributed by atoms with Gasteiger partial charge in [-0.05, 0) is 66.1 Å². The number of esters is 1. The van der Waals surface area contributed by atoms with Gasteiger partial charge < -0.3 is 19.5 Å². The quantitative estimate of drug-likeness (QED) is 0.640. The van der Waals surface area contributed by atoms with Gasteiger partial charge in [0.05, 0.1) is 16.8 Å². The molecule has 0 aliphatic heterocycles. The number of rotatable bonds is 5. The van der Waals surface area contributed by atoms with E-state index < -0.39 is 29.9 Å². The van der Waals surface area contributed by atoms with Crippen LogP contribution in [0.3, 0.4) is 0 Å². The van der Waals surface area contributed by atoms with Gasteiger partial charge in [-0.2, -0.15) is 0 Å². The van der Waals surface area contributed by atoms with Crippen molar-refractivity contribution >= 4 is 18.6 Å². The van der Waals surface area contributed by atoms with Crippen molar-refractivity contribution in [3.8, 4) is 0 Å². The summed E-state index contributed by atoms with van der Waals surface area (Å²) in [7, 11) is -1.26. The predicted octanol–water partition coefficient (Wildman–Crippen LogP) is 1.90. The van der Waals surface area contributed by atoms with Crippen molar-refractivity contribution in [3.05, 3.63) is 29.8 Å². The van der Waals surface area contributed by atoms with Crippen LogP contribution in [0.5, 0.6) is 0 Å². The van der Waals surface area contributed by atoms with Crippen LogP contribution in [0, 0.1) is 0 Å². The zero-order valence-corrected chi connectivity index (χ0v) is 15.0. The largest absolute Gasteiger partial charge is 0.491 e. The molecular formula is C17H27BO5. The predicted molar refractivity (Wildman–Crippen MR) is 90.7 cm³/mol. The molecule has 0 heterocycles. The van der Waals surface area contributed by atoms with E-state index in [4.69, 9.17) is 9.39 Å². The van der Waals surface area contributed by atoms with Crippen LogP contribution in [-0.2, 0) is 9.39 Å². The summed E-state index contributed by atoms with van der Waals surface area (Å²) < 4.78 is 10.9. The molecule has 1 aromatic carbocycles. The SMILES string of the molecule is CC(C)(C)OC(=O)c1cccc(B(O)OC(C)(C)C(C)(C)O)c1. The summed E-state index contributed by atoms with van der Waals surface area (Å²) in [6, 6.07) is 6.45. The third kappa shape index (κ3) is 5.64. The van der Waals surface area contributed by atoms with E-state index in [-0.39, 0.29) is 0 Å². The minimum absolute atomic E-state index is 0.334. The number of hydrogen-bond donors (Lipinski definition) is 2. The molecule has 6 heteroatoms. The van der Waals surface area contributed by atoms with Crippen LogP contribution in [0.15, 0.2) is 24.3 Å². The van der Waals surface area contributed by atoms with Crippen LogP contribution < -0.4 is 5.46 Å². The molecule has 0 aromatic heterocycles. The van der Waals surface area contributed by atoms with Crippen molar-refractivity contribution in [3.63, 3.8) is 0 Å². The molecule has 0 unspecified atom stereocenters. The fourth-order valence-corrected chi connectivity index (χ4v) is 1.65. The third-order valence-electron chi connectivity index (χ3n) is 3.69. The maximum Gasteiger partial charge on any atom is 0.491 e. The van der Waals surface area contributed by atoms with Crippen LogP contribution in [-0.4, -0.2) is 40.0 Å². The lowest BCUT2D eigenvalue weighted by atomic mass is 9.76. The highest BCUT2D eigenvalue weighted by atomic mass is 16.6. The Balaban J connectivity index is 2.94. The van der Waals surface area contributed by atoms with E-state index in [2.05, 4.69) is 0 Å². The van der Waals surface area contributed by atoms with Crippen LogP contribution in [0.4, 0.5) is 0 Å². The second-order valence-corrected chi connectivity index (χ2v) is 7.67. The molecule has 23 heavy (non-hydrogen) atoms. The lowest BCUT2D eigenvalue weighted by molar-refractivity contribution is -0.0982. The number of carbonyl (C=O) groups excluding carboxylic acids is 1. The number of hydrogen-bond acceptors (Lipinski definition) is 5. The highest BCUT2D eigenvalue weighted by molar-refractivity contribution is 6.60. The van der Waals surface area contributed by atoms with Crippen molar-refractivity contribution in [1.29, 1.82) is 0 Å².